The van der Waals surface area contributed by atoms with Gasteiger partial charge in [0.1, 0.15) is 0 Å². The Morgan fingerprint density at radius 1 is 1.07 bits per heavy atom. The molecule has 2 amide bonds. The quantitative estimate of drug-likeness (QED) is 0.713. The van der Waals surface area contributed by atoms with Crippen LogP contribution in [0.4, 0.5) is 10.5 Å². The zero-order valence-electron chi connectivity index (χ0n) is 15.4. The first kappa shape index (κ1) is 18.8. The predicted octanol–water partition coefficient (Wildman–Crippen LogP) is 3.93. The van der Waals surface area contributed by atoms with Crippen LogP contribution in [0.25, 0.3) is 5.69 Å². The molecule has 140 valence electrons. The standard InChI is InChI=1S/C19H21ClN6O/c1-19(2,3)13-4-8-15(9-5-13)22-18(27)21-12-17-23-24-25-26(17)16-10-6-14(20)7-11-16/h4-11H,12H2,1-3H3,(H2,21,22,27). The molecule has 0 atom stereocenters. The van der Waals surface area contributed by atoms with Crippen LogP contribution in [0.2, 0.25) is 5.02 Å². The molecule has 0 saturated carbocycles. The second-order valence-electron chi connectivity index (χ2n) is 7.12. The molecule has 0 saturated heterocycles. The lowest BCUT2D eigenvalue weighted by molar-refractivity contribution is 0.251. The van der Waals surface area contributed by atoms with E-state index in [1.54, 1.807) is 28.9 Å². The molecule has 0 unspecified atom stereocenters. The number of carbonyl (C=O) groups excluding carboxylic acids is 1. The maximum atomic E-state index is 12.2. The van der Waals surface area contributed by atoms with E-state index in [0.717, 1.165) is 11.4 Å². The third-order valence-electron chi connectivity index (χ3n) is 4.02. The molecular formula is C19H21ClN6O. The van der Waals surface area contributed by atoms with Gasteiger partial charge in [-0.05, 0) is 57.8 Å². The Hall–Kier alpha value is -2.93. The summed E-state index contributed by atoms with van der Waals surface area (Å²) in [6.07, 6.45) is 0. The summed E-state index contributed by atoms with van der Waals surface area (Å²) in [6.45, 7) is 6.62. The van der Waals surface area contributed by atoms with E-state index in [2.05, 4.69) is 46.9 Å². The van der Waals surface area contributed by atoms with Crippen LogP contribution in [-0.2, 0) is 12.0 Å². The van der Waals surface area contributed by atoms with Crippen molar-refractivity contribution in [1.82, 2.24) is 25.5 Å². The summed E-state index contributed by atoms with van der Waals surface area (Å²) in [5.74, 6) is 0.510. The number of hydrogen-bond acceptors (Lipinski definition) is 4. The van der Waals surface area contributed by atoms with Crippen LogP contribution in [0.1, 0.15) is 32.2 Å². The van der Waals surface area contributed by atoms with Gasteiger partial charge in [0.05, 0.1) is 12.2 Å². The van der Waals surface area contributed by atoms with Gasteiger partial charge in [0, 0.05) is 10.7 Å². The van der Waals surface area contributed by atoms with Crippen molar-refractivity contribution in [1.29, 1.82) is 0 Å². The molecule has 1 aromatic heterocycles. The summed E-state index contributed by atoms with van der Waals surface area (Å²) in [4.78, 5) is 12.2. The molecule has 0 aliphatic carbocycles. The lowest BCUT2D eigenvalue weighted by atomic mass is 9.87. The average molecular weight is 385 g/mol. The van der Waals surface area contributed by atoms with E-state index in [1.165, 1.54) is 5.56 Å². The van der Waals surface area contributed by atoms with E-state index in [4.69, 9.17) is 11.6 Å². The van der Waals surface area contributed by atoms with Crippen LogP contribution in [0, 0.1) is 0 Å². The normalized spacial score (nSPS) is 11.3. The van der Waals surface area contributed by atoms with Gasteiger partial charge in [-0.2, -0.15) is 4.68 Å². The van der Waals surface area contributed by atoms with Gasteiger partial charge in [-0.25, -0.2) is 4.79 Å². The van der Waals surface area contributed by atoms with Crippen LogP contribution in [-0.4, -0.2) is 26.2 Å². The van der Waals surface area contributed by atoms with Crippen LogP contribution < -0.4 is 10.6 Å². The molecule has 0 aliphatic heterocycles. The van der Waals surface area contributed by atoms with Crippen molar-refractivity contribution in [3.8, 4) is 5.69 Å². The maximum Gasteiger partial charge on any atom is 0.319 e. The van der Waals surface area contributed by atoms with Crippen LogP contribution in [0.5, 0.6) is 0 Å². The lowest BCUT2D eigenvalue weighted by Gasteiger charge is -2.19. The second kappa shape index (κ2) is 7.75. The topological polar surface area (TPSA) is 84.7 Å². The molecule has 0 bridgehead atoms. The van der Waals surface area contributed by atoms with Gasteiger partial charge in [-0.3, -0.25) is 0 Å². The molecule has 27 heavy (non-hydrogen) atoms. The van der Waals surface area contributed by atoms with Gasteiger partial charge in [-0.1, -0.05) is 44.5 Å². The van der Waals surface area contributed by atoms with Gasteiger partial charge in [0.25, 0.3) is 0 Å². The van der Waals surface area contributed by atoms with Crippen molar-refractivity contribution in [3.05, 3.63) is 64.9 Å². The van der Waals surface area contributed by atoms with E-state index < -0.39 is 0 Å². The van der Waals surface area contributed by atoms with Gasteiger partial charge in [-0.15, -0.1) is 5.10 Å². The number of aromatic nitrogens is 4. The van der Waals surface area contributed by atoms with E-state index in [9.17, 15) is 4.79 Å². The SMILES string of the molecule is CC(C)(C)c1ccc(NC(=O)NCc2nnnn2-c2ccc(Cl)cc2)cc1. The number of benzene rings is 2. The molecule has 3 rings (SSSR count). The largest absolute Gasteiger partial charge is 0.330 e. The molecule has 2 aromatic carbocycles. The van der Waals surface area contributed by atoms with Crippen molar-refractivity contribution in [3.63, 3.8) is 0 Å². The van der Waals surface area contributed by atoms with Crippen molar-refractivity contribution >= 4 is 23.3 Å². The fourth-order valence-corrected chi connectivity index (χ4v) is 2.61. The highest BCUT2D eigenvalue weighted by Crippen LogP contribution is 2.23. The van der Waals surface area contributed by atoms with Crippen molar-refractivity contribution < 1.29 is 4.79 Å². The first-order valence-corrected chi connectivity index (χ1v) is 8.89. The molecule has 3 aromatic rings. The van der Waals surface area contributed by atoms with Gasteiger partial charge < -0.3 is 10.6 Å². The Balaban J connectivity index is 1.60. The van der Waals surface area contributed by atoms with Gasteiger partial charge in [0.2, 0.25) is 0 Å². The van der Waals surface area contributed by atoms with Crippen molar-refractivity contribution in [2.24, 2.45) is 0 Å². The molecule has 0 spiro atoms. The molecule has 8 heteroatoms. The van der Waals surface area contributed by atoms with Crippen LogP contribution >= 0.6 is 11.6 Å². The second-order valence-corrected chi connectivity index (χ2v) is 7.55. The first-order chi connectivity index (χ1) is 12.8. The summed E-state index contributed by atoms with van der Waals surface area (Å²) in [5, 5.41) is 17.8. The van der Waals surface area contributed by atoms with E-state index in [1.807, 2.05) is 24.3 Å². The molecule has 0 aliphatic rings. The minimum atomic E-state index is -0.329. The Kier molecular flexibility index (Phi) is 5.41. The number of carbonyl (C=O) groups is 1. The van der Waals surface area contributed by atoms with Crippen LogP contribution in [0.3, 0.4) is 0 Å². The molecule has 0 radical (unpaired) electrons. The number of tetrazole rings is 1. The fraction of sp³-hybridized carbons (Fsp3) is 0.263. The number of halogens is 1. The highest BCUT2D eigenvalue weighted by Gasteiger charge is 2.14. The minimum Gasteiger partial charge on any atom is -0.330 e. The number of nitrogens with zero attached hydrogens (tertiary/aromatic N) is 4. The molecule has 2 N–H and O–H groups in total. The zero-order valence-corrected chi connectivity index (χ0v) is 16.2. The smallest absolute Gasteiger partial charge is 0.319 e. The molecular weight excluding hydrogens is 364 g/mol. The summed E-state index contributed by atoms with van der Waals surface area (Å²) in [7, 11) is 0. The van der Waals surface area contributed by atoms with Gasteiger partial charge in [0.15, 0.2) is 5.82 Å². The minimum absolute atomic E-state index is 0.0690. The Morgan fingerprint density at radius 3 is 2.37 bits per heavy atom. The summed E-state index contributed by atoms with van der Waals surface area (Å²) in [5.41, 5.74) is 2.76. The molecule has 0 fully saturated rings. The number of amides is 2. The zero-order chi connectivity index (χ0) is 19.4. The summed E-state index contributed by atoms with van der Waals surface area (Å²) >= 11 is 5.90. The Labute approximate surface area is 162 Å². The molecule has 1 heterocycles. The number of nitrogens with one attached hydrogen (secondary N) is 2. The van der Waals surface area contributed by atoms with Crippen molar-refractivity contribution in [2.75, 3.05) is 5.32 Å². The number of rotatable bonds is 4. The highest BCUT2D eigenvalue weighted by molar-refractivity contribution is 6.30. The monoisotopic (exact) mass is 384 g/mol. The summed E-state index contributed by atoms with van der Waals surface area (Å²) in [6, 6.07) is 14.6. The van der Waals surface area contributed by atoms with Crippen molar-refractivity contribution in [2.45, 2.75) is 32.7 Å². The van der Waals surface area contributed by atoms with E-state index in [0.29, 0.717) is 10.8 Å². The summed E-state index contributed by atoms with van der Waals surface area (Å²) < 4.78 is 1.55. The Bertz CT molecular complexity index is 913. The van der Waals surface area contributed by atoms with E-state index >= 15 is 0 Å². The highest BCUT2D eigenvalue weighted by atomic mass is 35.5. The van der Waals surface area contributed by atoms with Crippen LogP contribution in [0.15, 0.2) is 48.5 Å². The number of anilines is 1. The lowest BCUT2D eigenvalue weighted by Crippen LogP contribution is -2.29. The van der Waals surface area contributed by atoms with E-state index in [-0.39, 0.29) is 18.0 Å². The maximum absolute atomic E-state index is 12.2. The third kappa shape index (κ3) is 4.83. The fourth-order valence-electron chi connectivity index (χ4n) is 2.49. The third-order valence-corrected chi connectivity index (χ3v) is 4.27. The number of urea groups is 1. The number of hydrogen-bond donors (Lipinski definition) is 2. The predicted molar refractivity (Wildman–Crippen MR) is 105 cm³/mol. The molecule has 7 nitrogen and oxygen atoms in total. The first-order valence-electron chi connectivity index (χ1n) is 8.51. The average Bonchev–Trinajstić information content (AvgIpc) is 3.09. The van der Waals surface area contributed by atoms with Gasteiger partial charge >= 0.3 is 6.03 Å². The Morgan fingerprint density at radius 2 is 1.74 bits per heavy atom.